The van der Waals surface area contributed by atoms with Gasteiger partial charge in [0, 0.05) is 23.9 Å². The quantitative estimate of drug-likeness (QED) is 0.706. The van der Waals surface area contributed by atoms with Crippen LogP contribution < -0.4 is 4.72 Å². The van der Waals surface area contributed by atoms with Crippen molar-refractivity contribution in [3.05, 3.63) is 52.2 Å². The highest BCUT2D eigenvalue weighted by molar-refractivity contribution is 7.91. The van der Waals surface area contributed by atoms with Gasteiger partial charge in [0.15, 0.2) is 0 Å². The van der Waals surface area contributed by atoms with E-state index < -0.39 is 10.0 Å². The van der Waals surface area contributed by atoms with Crippen LogP contribution in [0.3, 0.4) is 0 Å². The van der Waals surface area contributed by atoms with Gasteiger partial charge in [-0.05, 0) is 30.2 Å². The highest BCUT2D eigenvalue weighted by Crippen LogP contribution is 2.27. The lowest BCUT2D eigenvalue weighted by atomic mass is 10.2. The van der Waals surface area contributed by atoms with Gasteiger partial charge < -0.3 is 4.42 Å². The Balaban J connectivity index is 1.65. The summed E-state index contributed by atoms with van der Waals surface area (Å²) in [5, 5.41) is 9.96. The predicted molar refractivity (Wildman–Crippen MR) is 92.7 cm³/mol. The van der Waals surface area contributed by atoms with Crippen LogP contribution >= 0.6 is 22.9 Å². The average Bonchev–Trinajstić information content (AvgIpc) is 3.18. The largest absolute Gasteiger partial charge is 0.421 e. The third kappa shape index (κ3) is 4.02. The fraction of sp³-hybridized carbons (Fsp3) is 0.200. The summed E-state index contributed by atoms with van der Waals surface area (Å²) in [6, 6.07) is 8.84. The molecular formula is C15H14ClN3O3S2. The van der Waals surface area contributed by atoms with Crippen LogP contribution in [-0.4, -0.2) is 25.2 Å². The Labute approximate surface area is 148 Å². The first kappa shape index (κ1) is 17.1. The van der Waals surface area contributed by atoms with Gasteiger partial charge in [-0.3, -0.25) is 0 Å². The fourth-order valence-corrected chi connectivity index (χ4v) is 4.39. The molecule has 24 heavy (non-hydrogen) atoms. The van der Waals surface area contributed by atoms with E-state index in [0.29, 0.717) is 35.3 Å². The Morgan fingerprint density at radius 1 is 1.25 bits per heavy atom. The highest BCUT2D eigenvalue weighted by atomic mass is 35.5. The molecular weight excluding hydrogens is 370 g/mol. The molecule has 9 heteroatoms. The molecule has 0 amide bonds. The van der Waals surface area contributed by atoms with Crippen molar-refractivity contribution in [2.24, 2.45) is 0 Å². The monoisotopic (exact) mass is 383 g/mol. The first-order valence-corrected chi connectivity index (χ1v) is 9.81. The molecule has 0 saturated carbocycles. The van der Waals surface area contributed by atoms with Crippen LogP contribution in [-0.2, 0) is 16.4 Å². The summed E-state index contributed by atoms with van der Waals surface area (Å²) in [5.41, 5.74) is 1.61. The number of halogens is 1. The van der Waals surface area contributed by atoms with Gasteiger partial charge in [-0.25, -0.2) is 13.1 Å². The van der Waals surface area contributed by atoms with E-state index in [2.05, 4.69) is 14.9 Å². The van der Waals surface area contributed by atoms with E-state index in [4.69, 9.17) is 16.0 Å². The van der Waals surface area contributed by atoms with E-state index >= 15 is 0 Å². The van der Waals surface area contributed by atoms with E-state index in [0.717, 1.165) is 16.9 Å². The molecule has 3 rings (SSSR count). The van der Waals surface area contributed by atoms with Crippen molar-refractivity contribution in [1.82, 2.24) is 14.9 Å². The summed E-state index contributed by atoms with van der Waals surface area (Å²) in [5.74, 6) is 0.744. The van der Waals surface area contributed by atoms with Crippen molar-refractivity contribution in [3.8, 4) is 11.5 Å². The van der Waals surface area contributed by atoms with Gasteiger partial charge in [-0.2, -0.15) is 0 Å². The van der Waals surface area contributed by atoms with E-state index in [1.165, 1.54) is 6.07 Å². The third-order valence-electron chi connectivity index (χ3n) is 3.23. The van der Waals surface area contributed by atoms with Crippen LogP contribution in [0, 0.1) is 6.92 Å². The number of hydrogen-bond donors (Lipinski definition) is 1. The number of rotatable bonds is 6. The number of nitrogens with zero attached hydrogens (tertiary/aromatic N) is 2. The van der Waals surface area contributed by atoms with E-state index in [1.54, 1.807) is 24.4 Å². The Morgan fingerprint density at radius 2 is 2.00 bits per heavy atom. The van der Waals surface area contributed by atoms with E-state index in [9.17, 15) is 8.42 Å². The van der Waals surface area contributed by atoms with Crippen LogP contribution in [0.25, 0.3) is 11.5 Å². The summed E-state index contributed by atoms with van der Waals surface area (Å²) in [6.45, 7) is 1.98. The number of aromatic nitrogens is 2. The lowest BCUT2D eigenvalue weighted by Gasteiger charge is -2.05. The van der Waals surface area contributed by atoms with Crippen LogP contribution in [0.1, 0.15) is 11.5 Å². The molecule has 1 N–H and O–H groups in total. The molecule has 0 aliphatic rings. The van der Waals surface area contributed by atoms with Gasteiger partial charge >= 0.3 is 0 Å². The molecule has 0 aliphatic carbocycles. The first-order valence-electron chi connectivity index (χ1n) is 7.07. The molecule has 2 aromatic heterocycles. The number of benzene rings is 1. The van der Waals surface area contributed by atoms with Crippen molar-refractivity contribution in [3.63, 3.8) is 0 Å². The van der Waals surface area contributed by atoms with Gasteiger partial charge in [0.25, 0.3) is 0 Å². The zero-order chi connectivity index (χ0) is 17.2. The predicted octanol–water partition coefficient (Wildman–Crippen LogP) is 3.28. The average molecular weight is 384 g/mol. The van der Waals surface area contributed by atoms with Crippen molar-refractivity contribution >= 4 is 33.0 Å². The van der Waals surface area contributed by atoms with Crippen molar-refractivity contribution in [2.45, 2.75) is 17.6 Å². The molecule has 3 aromatic rings. The van der Waals surface area contributed by atoms with Crippen molar-refractivity contribution < 1.29 is 12.8 Å². The molecule has 0 bridgehead atoms. The molecule has 6 nitrogen and oxygen atoms in total. The van der Waals surface area contributed by atoms with Crippen LogP contribution in [0.15, 0.2) is 44.3 Å². The second-order valence-corrected chi connectivity index (χ2v) is 8.40. The number of thiophene rings is 1. The Hall–Kier alpha value is -1.74. The van der Waals surface area contributed by atoms with Gasteiger partial charge in [0.2, 0.25) is 21.8 Å². The number of nitrogens with one attached hydrogen (secondary N) is 1. The van der Waals surface area contributed by atoms with E-state index in [1.807, 2.05) is 12.1 Å². The summed E-state index contributed by atoms with van der Waals surface area (Å²) in [6.07, 6.45) is 0.581. The molecule has 0 atom stereocenters. The lowest BCUT2D eigenvalue weighted by molar-refractivity contribution is 0.533. The van der Waals surface area contributed by atoms with Crippen LogP contribution in [0.5, 0.6) is 0 Å². The van der Waals surface area contributed by atoms with Gasteiger partial charge in [0.1, 0.15) is 4.21 Å². The van der Waals surface area contributed by atoms with Crippen molar-refractivity contribution in [2.75, 3.05) is 6.54 Å². The van der Waals surface area contributed by atoms with Gasteiger partial charge in [-0.15, -0.1) is 21.5 Å². The topological polar surface area (TPSA) is 85.1 Å². The molecule has 0 aliphatic heterocycles. The summed E-state index contributed by atoms with van der Waals surface area (Å²) in [7, 11) is -3.57. The third-order valence-corrected chi connectivity index (χ3v) is 6.38. The van der Waals surface area contributed by atoms with Gasteiger partial charge in [-0.1, -0.05) is 23.7 Å². The second-order valence-electron chi connectivity index (χ2n) is 5.05. The minimum absolute atomic E-state index is 0.212. The summed E-state index contributed by atoms with van der Waals surface area (Å²) >= 11 is 6.94. The number of sulfonamides is 1. The minimum atomic E-state index is -3.57. The fourth-order valence-electron chi connectivity index (χ4n) is 2.03. The molecule has 0 spiro atoms. The maximum absolute atomic E-state index is 12.3. The summed E-state index contributed by atoms with van der Waals surface area (Å²) < 4.78 is 32.8. The Bertz CT molecular complexity index is 933. The van der Waals surface area contributed by atoms with Crippen LogP contribution in [0.2, 0.25) is 5.02 Å². The SMILES string of the molecule is Cc1nnc(-c2csc(S(=O)(=O)NCCc3ccc(Cl)cc3)c2)o1. The normalized spacial score (nSPS) is 11.8. The van der Waals surface area contributed by atoms with Gasteiger partial charge in [0.05, 0.1) is 5.56 Å². The smallest absolute Gasteiger partial charge is 0.250 e. The van der Waals surface area contributed by atoms with E-state index in [-0.39, 0.29) is 4.21 Å². The molecule has 126 valence electrons. The number of hydrogen-bond acceptors (Lipinski definition) is 6. The summed E-state index contributed by atoms with van der Waals surface area (Å²) in [4.78, 5) is 0. The Kier molecular flexibility index (Phi) is 5.00. The molecule has 0 radical (unpaired) electrons. The second kappa shape index (κ2) is 7.02. The zero-order valence-corrected chi connectivity index (χ0v) is 15.1. The molecule has 1 aromatic carbocycles. The molecule has 2 heterocycles. The standard InChI is InChI=1S/C15H14ClN3O3S2/c1-10-18-19-15(22-10)12-8-14(23-9-12)24(20,21)17-7-6-11-2-4-13(16)5-3-11/h2-5,8-9,17H,6-7H2,1H3. The molecule has 0 unspecified atom stereocenters. The highest BCUT2D eigenvalue weighted by Gasteiger charge is 2.18. The number of aryl methyl sites for hydroxylation is 1. The Morgan fingerprint density at radius 3 is 2.67 bits per heavy atom. The maximum Gasteiger partial charge on any atom is 0.250 e. The van der Waals surface area contributed by atoms with Crippen molar-refractivity contribution in [1.29, 1.82) is 0 Å². The first-order chi connectivity index (χ1) is 11.4. The minimum Gasteiger partial charge on any atom is -0.421 e. The maximum atomic E-state index is 12.3. The molecule has 0 fully saturated rings. The molecule has 0 saturated heterocycles. The zero-order valence-electron chi connectivity index (χ0n) is 12.7. The lowest BCUT2D eigenvalue weighted by Crippen LogP contribution is -2.25. The van der Waals surface area contributed by atoms with Crippen LogP contribution in [0.4, 0.5) is 0 Å².